The molecule has 10 heteroatoms. The van der Waals surface area contributed by atoms with Gasteiger partial charge in [0.15, 0.2) is 0 Å². The maximum Gasteiger partial charge on any atom is 0.416 e. The van der Waals surface area contributed by atoms with E-state index in [-0.39, 0.29) is 23.1 Å². The molecule has 1 saturated heterocycles. The van der Waals surface area contributed by atoms with Crippen LogP contribution in [0.1, 0.15) is 16.1 Å². The van der Waals surface area contributed by atoms with E-state index < -0.39 is 11.7 Å². The van der Waals surface area contributed by atoms with Crippen LogP contribution in [0.2, 0.25) is 0 Å². The summed E-state index contributed by atoms with van der Waals surface area (Å²) in [4.78, 5) is 34.3. The molecule has 0 aliphatic carbocycles. The van der Waals surface area contributed by atoms with Gasteiger partial charge in [0.25, 0.3) is 5.91 Å². The van der Waals surface area contributed by atoms with Gasteiger partial charge in [0, 0.05) is 37.9 Å². The van der Waals surface area contributed by atoms with Crippen molar-refractivity contribution < 1.29 is 22.8 Å². The number of hydrogen-bond acceptors (Lipinski definition) is 5. The SMILES string of the molecule is O=CN1CCN(C(=O)c2cc(Nc3cccc(C(F)(F)F)c3)ncn2)CC1. The summed E-state index contributed by atoms with van der Waals surface area (Å²) >= 11 is 0. The van der Waals surface area contributed by atoms with Gasteiger partial charge in [-0.2, -0.15) is 13.2 Å². The van der Waals surface area contributed by atoms with Crippen LogP contribution in [0.3, 0.4) is 0 Å². The third-order valence-corrected chi connectivity index (χ3v) is 4.10. The van der Waals surface area contributed by atoms with Crippen LogP contribution >= 0.6 is 0 Å². The zero-order valence-electron chi connectivity index (χ0n) is 14.1. The van der Waals surface area contributed by atoms with Crippen molar-refractivity contribution in [3.8, 4) is 0 Å². The molecule has 0 unspecified atom stereocenters. The van der Waals surface area contributed by atoms with Gasteiger partial charge in [0.2, 0.25) is 6.41 Å². The van der Waals surface area contributed by atoms with Crippen LogP contribution in [0, 0.1) is 0 Å². The smallest absolute Gasteiger partial charge is 0.342 e. The number of amides is 2. The number of piperazine rings is 1. The number of halogens is 3. The van der Waals surface area contributed by atoms with Crippen LogP contribution in [0.15, 0.2) is 36.7 Å². The number of anilines is 2. The first kappa shape index (κ1) is 18.6. The van der Waals surface area contributed by atoms with Crippen molar-refractivity contribution in [1.82, 2.24) is 19.8 Å². The fourth-order valence-electron chi connectivity index (χ4n) is 2.66. The topological polar surface area (TPSA) is 78.4 Å². The van der Waals surface area contributed by atoms with E-state index in [4.69, 9.17) is 0 Å². The summed E-state index contributed by atoms with van der Waals surface area (Å²) < 4.78 is 38.4. The van der Waals surface area contributed by atoms with E-state index in [0.29, 0.717) is 26.2 Å². The van der Waals surface area contributed by atoms with Crippen molar-refractivity contribution in [2.45, 2.75) is 6.18 Å². The van der Waals surface area contributed by atoms with Crippen LogP contribution < -0.4 is 5.32 Å². The van der Waals surface area contributed by atoms with Gasteiger partial charge in [0.05, 0.1) is 5.56 Å². The molecule has 1 N–H and O–H groups in total. The Morgan fingerprint density at radius 3 is 2.52 bits per heavy atom. The molecule has 1 fully saturated rings. The summed E-state index contributed by atoms with van der Waals surface area (Å²) in [6.07, 6.45) is -2.54. The molecule has 0 bridgehead atoms. The maximum atomic E-state index is 12.8. The Morgan fingerprint density at radius 2 is 1.85 bits per heavy atom. The Balaban J connectivity index is 1.72. The molecular weight excluding hydrogens is 363 g/mol. The zero-order chi connectivity index (χ0) is 19.4. The van der Waals surface area contributed by atoms with E-state index in [2.05, 4.69) is 15.3 Å². The predicted molar refractivity (Wildman–Crippen MR) is 90.3 cm³/mol. The van der Waals surface area contributed by atoms with Gasteiger partial charge in [-0.1, -0.05) is 6.07 Å². The van der Waals surface area contributed by atoms with Crippen LogP contribution in [0.5, 0.6) is 0 Å². The Kier molecular flexibility index (Phi) is 5.24. The number of carbonyl (C=O) groups is 2. The number of rotatable bonds is 4. The molecule has 27 heavy (non-hydrogen) atoms. The summed E-state index contributed by atoms with van der Waals surface area (Å²) in [5.41, 5.74) is -0.466. The summed E-state index contributed by atoms with van der Waals surface area (Å²) in [6, 6.07) is 6.07. The average molecular weight is 379 g/mol. The van der Waals surface area contributed by atoms with E-state index in [1.807, 2.05) is 0 Å². The van der Waals surface area contributed by atoms with Crippen molar-refractivity contribution in [2.24, 2.45) is 0 Å². The van der Waals surface area contributed by atoms with Crippen molar-refractivity contribution in [3.05, 3.63) is 47.9 Å². The molecule has 1 aliphatic heterocycles. The van der Waals surface area contributed by atoms with E-state index in [0.717, 1.165) is 18.5 Å². The minimum atomic E-state index is -4.45. The van der Waals surface area contributed by atoms with Crippen molar-refractivity contribution >= 4 is 23.8 Å². The fourth-order valence-corrected chi connectivity index (χ4v) is 2.66. The Labute approximate surface area is 152 Å². The Bertz CT molecular complexity index is 835. The highest BCUT2D eigenvalue weighted by Gasteiger charge is 2.30. The maximum absolute atomic E-state index is 12.8. The molecule has 0 radical (unpaired) electrons. The molecule has 2 amide bonds. The molecule has 7 nitrogen and oxygen atoms in total. The van der Waals surface area contributed by atoms with E-state index in [9.17, 15) is 22.8 Å². The molecule has 0 atom stereocenters. The Hall–Kier alpha value is -3.17. The van der Waals surface area contributed by atoms with Gasteiger partial charge in [-0.15, -0.1) is 0 Å². The van der Waals surface area contributed by atoms with E-state index >= 15 is 0 Å². The van der Waals surface area contributed by atoms with Gasteiger partial charge in [-0.3, -0.25) is 9.59 Å². The second kappa shape index (κ2) is 7.60. The standard InChI is InChI=1S/C17H16F3N5O2/c18-17(19,20)12-2-1-3-13(8-12)23-15-9-14(21-10-22-15)16(27)25-6-4-24(11-26)5-7-25/h1-3,8-11H,4-7H2,(H,21,22,23). The third kappa shape index (κ3) is 4.52. The van der Waals surface area contributed by atoms with Crippen molar-refractivity contribution in [3.63, 3.8) is 0 Å². The minimum absolute atomic E-state index is 0.124. The molecule has 2 heterocycles. The zero-order valence-corrected chi connectivity index (χ0v) is 14.1. The Morgan fingerprint density at radius 1 is 1.11 bits per heavy atom. The third-order valence-electron chi connectivity index (χ3n) is 4.10. The molecule has 3 rings (SSSR count). The number of benzene rings is 1. The van der Waals surface area contributed by atoms with Gasteiger partial charge in [-0.25, -0.2) is 9.97 Å². The van der Waals surface area contributed by atoms with Gasteiger partial charge >= 0.3 is 6.18 Å². The summed E-state index contributed by atoms with van der Waals surface area (Å²) in [5, 5.41) is 2.75. The lowest BCUT2D eigenvalue weighted by Crippen LogP contribution is -2.48. The first-order valence-corrected chi connectivity index (χ1v) is 8.12. The van der Waals surface area contributed by atoms with Gasteiger partial charge < -0.3 is 15.1 Å². The van der Waals surface area contributed by atoms with Gasteiger partial charge in [0.1, 0.15) is 17.8 Å². The predicted octanol–water partition coefficient (Wildman–Crippen LogP) is 2.15. The highest BCUT2D eigenvalue weighted by molar-refractivity contribution is 5.93. The quantitative estimate of drug-likeness (QED) is 0.824. The first-order valence-electron chi connectivity index (χ1n) is 8.12. The lowest BCUT2D eigenvalue weighted by Gasteiger charge is -2.32. The number of nitrogens with one attached hydrogen (secondary N) is 1. The van der Waals surface area contributed by atoms with Crippen LogP contribution in [-0.4, -0.2) is 58.3 Å². The number of hydrogen-bond donors (Lipinski definition) is 1. The fraction of sp³-hybridized carbons (Fsp3) is 0.294. The second-order valence-corrected chi connectivity index (χ2v) is 5.93. The normalized spacial score (nSPS) is 14.8. The highest BCUT2D eigenvalue weighted by Crippen LogP contribution is 2.31. The van der Waals surface area contributed by atoms with Crippen LogP contribution in [-0.2, 0) is 11.0 Å². The van der Waals surface area contributed by atoms with Gasteiger partial charge in [-0.05, 0) is 18.2 Å². The summed E-state index contributed by atoms with van der Waals surface area (Å²) in [5.74, 6) is -0.116. The average Bonchev–Trinajstić information content (AvgIpc) is 2.67. The molecular formula is C17H16F3N5O2. The molecule has 142 valence electrons. The highest BCUT2D eigenvalue weighted by atomic mass is 19.4. The molecule has 1 aromatic heterocycles. The van der Waals surface area contributed by atoms with Crippen LogP contribution in [0.25, 0.3) is 0 Å². The van der Waals surface area contributed by atoms with Crippen molar-refractivity contribution in [1.29, 1.82) is 0 Å². The number of carbonyl (C=O) groups excluding carboxylic acids is 2. The molecule has 0 spiro atoms. The second-order valence-electron chi connectivity index (χ2n) is 5.93. The first-order chi connectivity index (χ1) is 12.9. The minimum Gasteiger partial charge on any atom is -0.342 e. The summed E-state index contributed by atoms with van der Waals surface area (Å²) in [7, 11) is 0. The summed E-state index contributed by atoms with van der Waals surface area (Å²) in [6.45, 7) is 1.65. The molecule has 0 saturated carbocycles. The molecule has 1 aromatic carbocycles. The monoisotopic (exact) mass is 379 g/mol. The van der Waals surface area contributed by atoms with E-state index in [1.54, 1.807) is 9.80 Å². The lowest BCUT2D eigenvalue weighted by molar-refractivity contribution is -0.137. The number of aromatic nitrogens is 2. The molecule has 2 aromatic rings. The lowest BCUT2D eigenvalue weighted by atomic mass is 10.2. The van der Waals surface area contributed by atoms with Crippen molar-refractivity contribution in [2.75, 3.05) is 31.5 Å². The number of nitrogens with zero attached hydrogens (tertiary/aromatic N) is 4. The molecule has 1 aliphatic rings. The van der Waals surface area contributed by atoms with Crippen LogP contribution in [0.4, 0.5) is 24.7 Å². The largest absolute Gasteiger partial charge is 0.416 e. The number of alkyl halides is 3. The van der Waals surface area contributed by atoms with E-state index in [1.165, 1.54) is 24.5 Å².